The lowest BCUT2D eigenvalue weighted by atomic mass is 9.95. The standard InChI is InChI=1S/C17H14N2/c1-2-6-13(7-3-1)15-11-18-12-19-16-9-5-4-8-14(16)10-17(15)19/h1-10,12,15H,11H2. The minimum atomic E-state index is 0.360. The van der Waals surface area contributed by atoms with Crippen molar-refractivity contribution < 1.29 is 0 Å². The Morgan fingerprint density at radius 2 is 1.74 bits per heavy atom. The van der Waals surface area contributed by atoms with Crippen molar-refractivity contribution in [1.29, 1.82) is 0 Å². The van der Waals surface area contributed by atoms with E-state index >= 15 is 0 Å². The molecule has 4 rings (SSSR count). The second-order valence-electron chi connectivity index (χ2n) is 4.94. The van der Waals surface area contributed by atoms with E-state index in [4.69, 9.17) is 0 Å². The van der Waals surface area contributed by atoms with Gasteiger partial charge in [-0.1, -0.05) is 48.5 Å². The van der Waals surface area contributed by atoms with Gasteiger partial charge in [-0.2, -0.15) is 0 Å². The zero-order valence-corrected chi connectivity index (χ0v) is 10.5. The molecule has 2 nitrogen and oxygen atoms in total. The number of aromatic nitrogens is 1. The smallest absolute Gasteiger partial charge is 0.0938 e. The van der Waals surface area contributed by atoms with Crippen LogP contribution in [0.2, 0.25) is 0 Å². The second-order valence-corrected chi connectivity index (χ2v) is 4.94. The highest BCUT2D eigenvalue weighted by molar-refractivity contribution is 5.88. The van der Waals surface area contributed by atoms with Crippen molar-refractivity contribution >= 4 is 17.2 Å². The lowest BCUT2D eigenvalue weighted by Crippen LogP contribution is -2.16. The predicted molar refractivity (Wildman–Crippen MR) is 79.0 cm³/mol. The second kappa shape index (κ2) is 4.09. The highest BCUT2D eigenvalue weighted by Crippen LogP contribution is 2.31. The van der Waals surface area contributed by atoms with E-state index in [-0.39, 0.29) is 0 Å². The summed E-state index contributed by atoms with van der Waals surface area (Å²) in [6.45, 7) is 0.834. The van der Waals surface area contributed by atoms with Gasteiger partial charge in [0.2, 0.25) is 0 Å². The fraction of sp³-hybridized carbons (Fsp3) is 0.118. The van der Waals surface area contributed by atoms with Crippen molar-refractivity contribution in [2.45, 2.75) is 5.92 Å². The molecule has 2 heteroatoms. The number of hydrogen-bond donors (Lipinski definition) is 0. The Labute approximate surface area is 112 Å². The molecule has 0 amide bonds. The third-order valence-electron chi connectivity index (χ3n) is 3.82. The van der Waals surface area contributed by atoms with E-state index in [0.717, 1.165) is 6.54 Å². The molecule has 1 atom stereocenters. The lowest BCUT2D eigenvalue weighted by Gasteiger charge is -2.20. The van der Waals surface area contributed by atoms with Gasteiger partial charge in [0.25, 0.3) is 0 Å². The van der Waals surface area contributed by atoms with Crippen molar-refractivity contribution in [1.82, 2.24) is 4.57 Å². The largest absolute Gasteiger partial charge is 0.304 e. The van der Waals surface area contributed by atoms with Crippen LogP contribution in [0.25, 0.3) is 10.9 Å². The van der Waals surface area contributed by atoms with Crippen LogP contribution in [-0.4, -0.2) is 17.5 Å². The third kappa shape index (κ3) is 1.60. The number of para-hydroxylation sites is 1. The summed E-state index contributed by atoms with van der Waals surface area (Å²) < 4.78 is 2.22. The van der Waals surface area contributed by atoms with E-state index in [1.54, 1.807) is 0 Å². The maximum Gasteiger partial charge on any atom is 0.0938 e. The number of rotatable bonds is 1. The summed E-state index contributed by atoms with van der Waals surface area (Å²) in [5.74, 6) is 0.360. The summed E-state index contributed by atoms with van der Waals surface area (Å²) in [6, 6.07) is 21.4. The number of fused-ring (bicyclic) bond motifs is 3. The molecule has 0 spiro atoms. The average molecular weight is 246 g/mol. The van der Waals surface area contributed by atoms with Gasteiger partial charge < -0.3 is 4.57 Å². The van der Waals surface area contributed by atoms with Gasteiger partial charge in [-0.05, 0) is 17.7 Å². The molecule has 3 aromatic rings. The van der Waals surface area contributed by atoms with Gasteiger partial charge in [-0.25, -0.2) is 0 Å². The van der Waals surface area contributed by atoms with Crippen LogP contribution in [0.1, 0.15) is 17.2 Å². The fourth-order valence-electron chi connectivity index (χ4n) is 2.88. The van der Waals surface area contributed by atoms with E-state index in [2.05, 4.69) is 70.2 Å². The zero-order valence-electron chi connectivity index (χ0n) is 10.5. The molecule has 1 aliphatic heterocycles. The molecule has 0 radical (unpaired) electrons. The van der Waals surface area contributed by atoms with Gasteiger partial charge in [-0.15, -0.1) is 0 Å². The van der Waals surface area contributed by atoms with E-state index in [9.17, 15) is 0 Å². The van der Waals surface area contributed by atoms with Crippen LogP contribution < -0.4 is 0 Å². The van der Waals surface area contributed by atoms with Crippen molar-refractivity contribution in [2.24, 2.45) is 4.99 Å². The zero-order chi connectivity index (χ0) is 12.7. The molecule has 0 aliphatic carbocycles. The molecule has 0 saturated heterocycles. The number of hydrogen-bond acceptors (Lipinski definition) is 1. The fourth-order valence-corrected chi connectivity index (χ4v) is 2.88. The molecule has 19 heavy (non-hydrogen) atoms. The summed E-state index contributed by atoms with van der Waals surface area (Å²) in [5.41, 5.74) is 3.91. The Bertz CT molecular complexity index is 753. The topological polar surface area (TPSA) is 17.3 Å². The Kier molecular flexibility index (Phi) is 2.27. The van der Waals surface area contributed by atoms with Crippen LogP contribution in [0.15, 0.2) is 65.7 Å². The van der Waals surface area contributed by atoms with Crippen LogP contribution in [-0.2, 0) is 0 Å². The first-order valence-electron chi connectivity index (χ1n) is 6.58. The van der Waals surface area contributed by atoms with Crippen LogP contribution in [0.5, 0.6) is 0 Å². The van der Waals surface area contributed by atoms with Crippen molar-refractivity contribution in [3.63, 3.8) is 0 Å². The van der Waals surface area contributed by atoms with Gasteiger partial charge in [0.05, 0.1) is 18.4 Å². The van der Waals surface area contributed by atoms with E-state index in [0.29, 0.717) is 5.92 Å². The molecule has 2 aromatic carbocycles. The van der Waals surface area contributed by atoms with Crippen LogP contribution in [0, 0.1) is 0 Å². The lowest BCUT2D eigenvalue weighted by molar-refractivity contribution is 0.755. The Morgan fingerprint density at radius 3 is 2.63 bits per heavy atom. The van der Waals surface area contributed by atoms with Gasteiger partial charge >= 0.3 is 0 Å². The van der Waals surface area contributed by atoms with E-state index < -0.39 is 0 Å². The first-order valence-corrected chi connectivity index (χ1v) is 6.58. The normalized spacial score (nSPS) is 17.6. The van der Waals surface area contributed by atoms with Crippen molar-refractivity contribution in [2.75, 3.05) is 6.54 Å². The van der Waals surface area contributed by atoms with Crippen LogP contribution in [0.3, 0.4) is 0 Å². The number of benzene rings is 2. The van der Waals surface area contributed by atoms with Gasteiger partial charge in [-0.3, -0.25) is 4.99 Å². The summed E-state index contributed by atoms with van der Waals surface area (Å²) in [6.07, 6.45) is 1.96. The van der Waals surface area contributed by atoms with Gasteiger partial charge in [0, 0.05) is 17.0 Å². The molecule has 1 aliphatic rings. The highest BCUT2D eigenvalue weighted by Gasteiger charge is 2.21. The monoisotopic (exact) mass is 246 g/mol. The summed E-state index contributed by atoms with van der Waals surface area (Å²) in [5, 5.41) is 1.28. The van der Waals surface area contributed by atoms with E-state index in [1.807, 2.05) is 6.34 Å². The molecule has 2 heterocycles. The Hall–Kier alpha value is -2.35. The molecule has 0 fully saturated rings. The molecule has 92 valence electrons. The molecule has 1 unspecified atom stereocenters. The average Bonchev–Trinajstić information content (AvgIpc) is 2.87. The summed E-state index contributed by atoms with van der Waals surface area (Å²) in [4.78, 5) is 4.54. The third-order valence-corrected chi connectivity index (χ3v) is 3.82. The van der Waals surface area contributed by atoms with Gasteiger partial charge in [0.15, 0.2) is 0 Å². The van der Waals surface area contributed by atoms with E-state index in [1.165, 1.54) is 22.2 Å². The van der Waals surface area contributed by atoms with Crippen molar-refractivity contribution in [3.8, 4) is 0 Å². The predicted octanol–water partition coefficient (Wildman–Crippen LogP) is 3.66. The highest BCUT2D eigenvalue weighted by atomic mass is 15.1. The minimum Gasteiger partial charge on any atom is -0.304 e. The SMILES string of the molecule is C1=NCC(c2ccccc2)c2cc3ccccc3n21. The molecular formula is C17H14N2. The maximum atomic E-state index is 4.54. The molecule has 0 bridgehead atoms. The first-order chi connectivity index (χ1) is 9.43. The number of nitrogens with zero attached hydrogens (tertiary/aromatic N) is 2. The summed E-state index contributed by atoms with van der Waals surface area (Å²) >= 11 is 0. The quantitative estimate of drug-likeness (QED) is 0.623. The summed E-state index contributed by atoms with van der Waals surface area (Å²) in [7, 11) is 0. The molecule has 0 N–H and O–H groups in total. The van der Waals surface area contributed by atoms with Crippen LogP contribution >= 0.6 is 0 Å². The molecule has 1 aromatic heterocycles. The maximum absolute atomic E-state index is 4.54. The first kappa shape index (κ1) is 10.6. The molecular weight excluding hydrogens is 232 g/mol. The molecule has 0 saturated carbocycles. The number of aliphatic imine (C=N–C) groups is 1. The van der Waals surface area contributed by atoms with Crippen molar-refractivity contribution in [3.05, 3.63) is 71.9 Å². The Balaban J connectivity index is 1.94. The van der Waals surface area contributed by atoms with Crippen LogP contribution in [0.4, 0.5) is 0 Å². The minimum absolute atomic E-state index is 0.360. The Morgan fingerprint density at radius 1 is 0.947 bits per heavy atom. The van der Waals surface area contributed by atoms with Gasteiger partial charge in [0.1, 0.15) is 0 Å².